The summed E-state index contributed by atoms with van der Waals surface area (Å²) in [6.07, 6.45) is 2.29. The van der Waals surface area contributed by atoms with Crippen molar-refractivity contribution in [2.75, 3.05) is 25.5 Å². The fraction of sp³-hybridized carbons (Fsp3) is 0.367. The Morgan fingerprint density at radius 3 is 2.75 bits per heavy atom. The number of aromatic nitrogens is 2. The zero-order valence-electron chi connectivity index (χ0n) is 23.0. The minimum absolute atomic E-state index is 0.0884. The Labute approximate surface area is 236 Å². The number of hydrogen-bond acceptors (Lipinski definition) is 6. The third-order valence-electron chi connectivity index (χ3n) is 8.25. The number of nitrogens with zero attached hydrogens (tertiary/aromatic N) is 4. The first-order valence-corrected chi connectivity index (χ1v) is 14.3. The normalized spacial score (nSPS) is 19.8. The quantitative estimate of drug-likeness (QED) is 0.332. The van der Waals surface area contributed by atoms with E-state index in [1.807, 2.05) is 66.7 Å². The molecule has 0 spiro atoms. The molecule has 3 heterocycles. The van der Waals surface area contributed by atoms with Crippen molar-refractivity contribution in [1.29, 1.82) is 0 Å². The number of nitrogens with one attached hydrogen (secondary N) is 1. The van der Waals surface area contributed by atoms with Crippen molar-refractivity contribution < 1.29 is 18.7 Å². The van der Waals surface area contributed by atoms with Crippen LogP contribution in [-0.4, -0.2) is 59.2 Å². The molecule has 6 rings (SSSR count). The van der Waals surface area contributed by atoms with E-state index in [1.165, 1.54) is 23.5 Å². The average Bonchev–Trinajstić information content (AvgIpc) is 3.72. The minimum atomic E-state index is -0.543. The number of aryl methyl sites for hydroxylation is 1. The van der Waals surface area contributed by atoms with Crippen LogP contribution >= 0.6 is 11.3 Å². The second-order valence-electron chi connectivity index (χ2n) is 10.8. The van der Waals surface area contributed by atoms with Crippen LogP contribution in [0.25, 0.3) is 21.3 Å². The molecule has 1 aliphatic carbocycles. The van der Waals surface area contributed by atoms with Crippen molar-refractivity contribution in [2.45, 2.75) is 38.3 Å². The average molecular weight is 562 g/mol. The summed E-state index contributed by atoms with van der Waals surface area (Å²) in [5.41, 5.74) is 2.80. The van der Waals surface area contributed by atoms with Gasteiger partial charge in [0.1, 0.15) is 11.5 Å². The number of halogens is 1. The summed E-state index contributed by atoms with van der Waals surface area (Å²) in [5.74, 6) is 0.284. The maximum absolute atomic E-state index is 14.1. The van der Waals surface area contributed by atoms with Crippen LogP contribution in [-0.2, 0) is 7.05 Å². The van der Waals surface area contributed by atoms with Gasteiger partial charge in [0.05, 0.1) is 22.1 Å². The lowest BCUT2D eigenvalue weighted by Crippen LogP contribution is -2.50. The van der Waals surface area contributed by atoms with Crippen molar-refractivity contribution in [2.24, 2.45) is 13.0 Å². The number of anilines is 1. The number of benzene rings is 2. The van der Waals surface area contributed by atoms with Gasteiger partial charge in [-0.2, -0.15) is 0 Å². The van der Waals surface area contributed by atoms with Crippen LogP contribution in [0.1, 0.15) is 35.4 Å². The van der Waals surface area contributed by atoms with Gasteiger partial charge < -0.3 is 24.4 Å². The predicted molar refractivity (Wildman–Crippen MR) is 155 cm³/mol. The maximum Gasteiger partial charge on any atom is 0.412 e. The van der Waals surface area contributed by atoms with E-state index in [9.17, 15) is 14.0 Å². The maximum atomic E-state index is 14.1. The molecule has 2 aromatic carbocycles. The largest absolute Gasteiger partial charge is 0.412 e. The molecular weight excluding hydrogens is 529 g/mol. The topological polar surface area (TPSA) is 79.7 Å². The number of rotatable bonds is 6. The van der Waals surface area contributed by atoms with Gasteiger partial charge in [-0.25, -0.2) is 14.2 Å². The second kappa shape index (κ2) is 10.2. The van der Waals surface area contributed by atoms with Crippen molar-refractivity contribution in [3.63, 3.8) is 0 Å². The van der Waals surface area contributed by atoms with E-state index in [4.69, 9.17) is 4.74 Å². The number of hydrogen-bond donors (Lipinski definition) is 1. The summed E-state index contributed by atoms with van der Waals surface area (Å²) in [7, 11) is 5.69. The summed E-state index contributed by atoms with van der Waals surface area (Å²) in [4.78, 5) is 36.2. The number of carbonyl (C=O) groups excluding carboxylic acids is 2. The lowest BCUT2D eigenvalue weighted by atomic mass is 9.98. The standard InChI is InChI=1S/C30H32FN5O3S/c1-17-26(22-10-5-6-11-23(22)35(17)4)39-30(38)32-16-24-18-12-13-21(15-18)36(24)28(37)25-27(40-29(33-25)34(2)3)19-8-7-9-20(31)14-19/h5-11,14,18,21,24H,12-13,15-16H2,1-4H3,(H,32,38)/t18-,21+,24+/m0/s1. The molecule has 10 heteroatoms. The molecule has 4 aromatic rings. The second-order valence-corrected chi connectivity index (χ2v) is 11.8. The fourth-order valence-corrected chi connectivity index (χ4v) is 7.17. The molecule has 2 aromatic heterocycles. The van der Waals surface area contributed by atoms with Crippen molar-refractivity contribution in [3.05, 3.63) is 65.7 Å². The molecular formula is C30H32FN5O3S. The van der Waals surface area contributed by atoms with Crippen molar-refractivity contribution in [3.8, 4) is 16.2 Å². The number of ether oxygens (including phenoxy) is 1. The molecule has 1 saturated carbocycles. The van der Waals surface area contributed by atoms with Gasteiger partial charge in [-0.15, -0.1) is 0 Å². The van der Waals surface area contributed by atoms with Crippen LogP contribution in [0.3, 0.4) is 0 Å². The summed E-state index contributed by atoms with van der Waals surface area (Å²) in [6.45, 7) is 2.21. The highest BCUT2D eigenvalue weighted by Crippen LogP contribution is 2.44. The van der Waals surface area contributed by atoms with Gasteiger partial charge in [0.2, 0.25) is 0 Å². The Bertz CT molecular complexity index is 1610. The number of piperidine rings is 1. The van der Waals surface area contributed by atoms with E-state index in [1.54, 1.807) is 12.1 Å². The molecule has 208 valence electrons. The summed E-state index contributed by atoms with van der Waals surface area (Å²) >= 11 is 1.37. The third kappa shape index (κ3) is 4.50. The molecule has 1 saturated heterocycles. The van der Waals surface area contributed by atoms with Crippen LogP contribution in [0.5, 0.6) is 5.75 Å². The highest BCUT2D eigenvalue weighted by atomic mass is 32.1. The number of thiazole rings is 1. The monoisotopic (exact) mass is 561 g/mol. The number of carbonyl (C=O) groups is 2. The molecule has 1 N–H and O–H groups in total. The van der Waals surface area contributed by atoms with Gasteiger partial charge in [-0.05, 0) is 61.9 Å². The Morgan fingerprint density at radius 2 is 1.98 bits per heavy atom. The highest BCUT2D eigenvalue weighted by Gasteiger charge is 2.49. The molecule has 0 unspecified atom stereocenters. The van der Waals surface area contributed by atoms with Crippen LogP contribution < -0.4 is 15.0 Å². The third-order valence-corrected chi connectivity index (χ3v) is 9.53. The van der Waals surface area contributed by atoms with Gasteiger partial charge in [0, 0.05) is 39.1 Å². The Balaban J connectivity index is 1.24. The lowest BCUT2D eigenvalue weighted by Gasteiger charge is -2.35. The van der Waals surface area contributed by atoms with Gasteiger partial charge >= 0.3 is 6.09 Å². The highest BCUT2D eigenvalue weighted by molar-refractivity contribution is 7.19. The molecule has 2 bridgehead atoms. The lowest BCUT2D eigenvalue weighted by molar-refractivity contribution is 0.0586. The van der Waals surface area contributed by atoms with E-state index in [0.29, 0.717) is 27.0 Å². The van der Waals surface area contributed by atoms with E-state index >= 15 is 0 Å². The minimum Gasteiger partial charge on any atom is -0.408 e. The molecule has 2 amide bonds. The molecule has 40 heavy (non-hydrogen) atoms. The molecule has 8 nitrogen and oxygen atoms in total. The Hall–Kier alpha value is -3.92. The van der Waals surface area contributed by atoms with Crippen molar-refractivity contribution >= 4 is 39.4 Å². The Morgan fingerprint density at radius 1 is 1.18 bits per heavy atom. The number of fused-ring (bicyclic) bond motifs is 3. The van der Waals surface area contributed by atoms with E-state index in [0.717, 1.165) is 35.9 Å². The fourth-order valence-electron chi connectivity index (χ4n) is 6.20. The summed E-state index contributed by atoms with van der Waals surface area (Å²) in [6, 6.07) is 14.0. The first kappa shape index (κ1) is 26.3. The smallest absolute Gasteiger partial charge is 0.408 e. The van der Waals surface area contributed by atoms with E-state index in [-0.39, 0.29) is 36.3 Å². The van der Waals surface area contributed by atoms with E-state index < -0.39 is 6.09 Å². The van der Waals surface area contributed by atoms with E-state index in [2.05, 4.69) is 10.3 Å². The number of likely N-dealkylation sites (tertiary alicyclic amines) is 1. The first-order valence-electron chi connectivity index (χ1n) is 13.5. The van der Waals surface area contributed by atoms with Crippen LogP contribution in [0, 0.1) is 18.7 Å². The Kier molecular flexibility index (Phi) is 6.74. The number of para-hydroxylation sites is 1. The van der Waals surface area contributed by atoms with Crippen molar-refractivity contribution in [1.82, 2.24) is 19.8 Å². The zero-order valence-corrected chi connectivity index (χ0v) is 23.8. The molecule has 2 fully saturated rings. The molecule has 0 radical (unpaired) electrons. The van der Waals surface area contributed by atoms with Gasteiger partial charge in [0.25, 0.3) is 5.91 Å². The molecule has 1 aliphatic heterocycles. The summed E-state index contributed by atoms with van der Waals surface area (Å²) < 4.78 is 21.9. The zero-order chi connectivity index (χ0) is 28.1. The van der Waals surface area contributed by atoms with Gasteiger partial charge in [0.15, 0.2) is 10.9 Å². The van der Waals surface area contributed by atoms with Gasteiger partial charge in [-0.3, -0.25) is 4.79 Å². The van der Waals surface area contributed by atoms with Crippen LogP contribution in [0.2, 0.25) is 0 Å². The van der Waals surface area contributed by atoms with Crippen LogP contribution in [0.4, 0.5) is 14.3 Å². The van der Waals surface area contributed by atoms with Crippen LogP contribution in [0.15, 0.2) is 48.5 Å². The predicted octanol–water partition coefficient (Wildman–Crippen LogP) is 5.60. The number of amides is 2. The molecule has 3 atom stereocenters. The first-order chi connectivity index (χ1) is 19.2. The molecule has 2 aliphatic rings. The SMILES string of the molecule is Cc1c(OC(=O)NC[C@@H]2[C@H]3CC[C@H](C3)N2C(=O)c2nc(N(C)C)sc2-c2cccc(F)c2)c2ccccc2n1C. The summed E-state index contributed by atoms with van der Waals surface area (Å²) in [5, 5.41) is 4.48. The van der Waals surface area contributed by atoms with Gasteiger partial charge in [-0.1, -0.05) is 35.6 Å².